The quantitative estimate of drug-likeness (QED) is 0.905. The van der Waals surface area contributed by atoms with Gasteiger partial charge in [0.15, 0.2) is 0 Å². The Bertz CT molecular complexity index is 389. The van der Waals surface area contributed by atoms with E-state index < -0.39 is 0 Å². The lowest BCUT2D eigenvalue weighted by molar-refractivity contribution is 0.136. The Labute approximate surface area is 123 Å². The van der Waals surface area contributed by atoms with Gasteiger partial charge in [-0.05, 0) is 53.8 Å². The van der Waals surface area contributed by atoms with Gasteiger partial charge in [0, 0.05) is 33.9 Å². The van der Waals surface area contributed by atoms with Crippen molar-refractivity contribution < 1.29 is 0 Å². The van der Waals surface area contributed by atoms with E-state index in [1.54, 1.807) is 0 Å². The zero-order valence-corrected chi connectivity index (χ0v) is 13.9. The Morgan fingerprint density at radius 3 is 2.94 bits per heavy atom. The van der Waals surface area contributed by atoms with Crippen molar-refractivity contribution in [2.45, 2.75) is 39.3 Å². The molecule has 0 spiro atoms. The molecule has 1 aliphatic rings. The Morgan fingerprint density at radius 1 is 1.56 bits per heavy atom. The van der Waals surface area contributed by atoms with Crippen LogP contribution in [0.25, 0.3) is 0 Å². The fourth-order valence-corrected chi connectivity index (χ4v) is 4.19. The van der Waals surface area contributed by atoms with Gasteiger partial charge in [-0.3, -0.25) is 4.90 Å². The normalized spacial score (nSPS) is 23.5. The molecule has 18 heavy (non-hydrogen) atoms. The largest absolute Gasteiger partial charge is 0.312 e. The van der Waals surface area contributed by atoms with Crippen LogP contribution < -0.4 is 5.32 Å². The lowest BCUT2D eigenvalue weighted by atomic mass is 9.77. The van der Waals surface area contributed by atoms with Gasteiger partial charge in [0.05, 0.1) is 0 Å². The average Bonchev–Trinajstić information content (AvgIpc) is 2.67. The summed E-state index contributed by atoms with van der Waals surface area (Å²) in [7, 11) is 2.22. The lowest BCUT2D eigenvalue weighted by Crippen LogP contribution is -2.52. The molecule has 0 radical (unpaired) electrons. The van der Waals surface area contributed by atoms with Gasteiger partial charge in [-0.15, -0.1) is 11.3 Å². The third kappa shape index (κ3) is 3.80. The summed E-state index contributed by atoms with van der Waals surface area (Å²) in [5.41, 5.74) is 0.419. The fraction of sp³-hybridized carbons (Fsp3) is 0.714. The minimum atomic E-state index is 0.419. The predicted molar refractivity (Wildman–Crippen MR) is 83.2 cm³/mol. The molecule has 1 fully saturated rings. The molecule has 0 bridgehead atoms. The molecule has 1 saturated heterocycles. The van der Waals surface area contributed by atoms with Crippen molar-refractivity contribution in [3.63, 3.8) is 0 Å². The Kier molecular flexibility index (Phi) is 4.86. The van der Waals surface area contributed by atoms with Gasteiger partial charge < -0.3 is 5.32 Å². The SMILES string of the molecule is CN(Cc1cc(Br)cs1)CC1NCCCC1(C)C. The number of likely N-dealkylation sites (N-methyl/N-ethyl adjacent to an activating group) is 1. The first kappa shape index (κ1) is 14.5. The summed E-state index contributed by atoms with van der Waals surface area (Å²) in [6.45, 7) is 8.12. The molecular weight excluding hydrogens is 308 g/mol. The highest BCUT2D eigenvalue weighted by Crippen LogP contribution is 2.30. The number of thiophene rings is 1. The summed E-state index contributed by atoms with van der Waals surface area (Å²) in [5.74, 6) is 0. The van der Waals surface area contributed by atoms with Gasteiger partial charge in [-0.1, -0.05) is 13.8 Å². The number of rotatable bonds is 4. The van der Waals surface area contributed by atoms with Gasteiger partial charge in [-0.2, -0.15) is 0 Å². The minimum Gasteiger partial charge on any atom is -0.312 e. The molecule has 1 aromatic heterocycles. The van der Waals surface area contributed by atoms with Crippen molar-refractivity contribution in [3.8, 4) is 0 Å². The maximum atomic E-state index is 3.68. The zero-order chi connectivity index (χ0) is 13.2. The molecule has 2 nitrogen and oxygen atoms in total. The minimum absolute atomic E-state index is 0.419. The summed E-state index contributed by atoms with van der Waals surface area (Å²) in [6, 6.07) is 2.83. The highest BCUT2D eigenvalue weighted by atomic mass is 79.9. The molecule has 1 atom stereocenters. The molecule has 1 aliphatic heterocycles. The second-order valence-corrected chi connectivity index (χ2v) is 7.94. The van der Waals surface area contributed by atoms with Gasteiger partial charge in [0.25, 0.3) is 0 Å². The van der Waals surface area contributed by atoms with Gasteiger partial charge in [-0.25, -0.2) is 0 Å². The third-order valence-corrected chi connectivity index (χ3v) is 5.56. The van der Waals surface area contributed by atoms with E-state index in [0.717, 1.165) is 13.1 Å². The van der Waals surface area contributed by atoms with Gasteiger partial charge >= 0.3 is 0 Å². The number of piperidine rings is 1. The molecule has 1 aromatic rings. The van der Waals surface area contributed by atoms with Crippen LogP contribution in [-0.4, -0.2) is 31.1 Å². The highest BCUT2D eigenvalue weighted by Gasteiger charge is 2.32. The number of nitrogens with one attached hydrogen (secondary N) is 1. The maximum absolute atomic E-state index is 3.68. The first-order valence-corrected chi connectivity index (χ1v) is 8.29. The standard InChI is InChI=1S/C14H23BrN2S/c1-14(2)5-4-6-16-13(14)9-17(3)8-12-7-11(15)10-18-12/h7,10,13,16H,4-6,8-9H2,1-3H3. The molecule has 0 aromatic carbocycles. The summed E-state index contributed by atoms with van der Waals surface area (Å²) in [4.78, 5) is 3.86. The van der Waals surface area contributed by atoms with E-state index in [4.69, 9.17) is 0 Å². The first-order valence-electron chi connectivity index (χ1n) is 6.62. The fourth-order valence-electron chi connectivity index (χ4n) is 2.66. The summed E-state index contributed by atoms with van der Waals surface area (Å²) < 4.78 is 1.20. The van der Waals surface area contributed by atoms with Crippen molar-refractivity contribution in [1.82, 2.24) is 10.2 Å². The highest BCUT2D eigenvalue weighted by molar-refractivity contribution is 9.10. The first-order chi connectivity index (χ1) is 8.47. The monoisotopic (exact) mass is 330 g/mol. The van der Waals surface area contributed by atoms with Crippen LogP contribution in [0.4, 0.5) is 0 Å². The topological polar surface area (TPSA) is 15.3 Å². The van der Waals surface area contributed by atoms with E-state index in [-0.39, 0.29) is 0 Å². The van der Waals surface area contributed by atoms with Crippen LogP contribution in [0.3, 0.4) is 0 Å². The Balaban J connectivity index is 1.88. The molecular formula is C14H23BrN2S. The number of halogens is 1. The Morgan fingerprint density at radius 2 is 2.33 bits per heavy atom. The predicted octanol–water partition coefficient (Wildman–Crippen LogP) is 3.72. The molecule has 0 aliphatic carbocycles. The Hall–Kier alpha value is 0.1000. The molecule has 0 amide bonds. The van der Waals surface area contributed by atoms with Crippen LogP contribution in [-0.2, 0) is 6.54 Å². The second-order valence-electron chi connectivity index (χ2n) is 6.03. The van der Waals surface area contributed by atoms with Crippen LogP contribution in [0.2, 0.25) is 0 Å². The lowest BCUT2D eigenvalue weighted by Gasteiger charge is -2.41. The zero-order valence-electron chi connectivity index (χ0n) is 11.5. The average molecular weight is 331 g/mol. The van der Waals surface area contributed by atoms with Crippen molar-refractivity contribution >= 4 is 27.3 Å². The van der Waals surface area contributed by atoms with Crippen molar-refractivity contribution in [2.24, 2.45) is 5.41 Å². The van der Waals surface area contributed by atoms with Crippen LogP contribution in [0.1, 0.15) is 31.6 Å². The molecule has 1 unspecified atom stereocenters. The van der Waals surface area contributed by atoms with Gasteiger partial charge in [0.2, 0.25) is 0 Å². The van der Waals surface area contributed by atoms with Crippen LogP contribution in [0.15, 0.2) is 15.9 Å². The van der Waals surface area contributed by atoms with E-state index in [2.05, 4.69) is 58.5 Å². The summed E-state index contributed by atoms with van der Waals surface area (Å²) in [6.07, 6.45) is 2.65. The van der Waals surface area contributed by atoms with Crippen molar-refractivity contribution in [3.05, 3.63) is 20.8 Å². The molecule has 2 heterocycles. The van der Waals surface area contributed by atoms with Crippen LogP contribution >= 0.6 is 27.3 Å². The number of hydrogen-bond acceptors (Lipinski definition) is 3. The number of hydrogen-bond donors (Lipinski definition) is 1. The summed E-state index contributed by atoms with van der Waals surface area (Å²) in [5, 5.41) is 5.84. The molecule has 102 valence electrons. The van der Waals surface area contributed by atoms with Gasteiger partial charge in [0.1, 0.15) is 0 Å². The van der Waals surface area contributed by atoms with Crippen molar-refractivity contribution in [2.75, 3.05) is 20.1 Å². The number of nitrogens with zero attached hydrogens (tertiary/aromatic N) is 1. The molecule has 2 rings (SSSR count). The van der Waals surface area contributed by atoms with E-state index in [9.17, 15) is 0 Å². The summed E-state index contributed by atoms with van der Waals surface area (Å²) >= 11 is 5.35. The molecule has 4 heteroatoms. The smallest absolute Gasteiger partial charge is 0.0325 e. The van der Waals surface area contributed by atoms with Crippen molar-refractivity contribution in [1.29, 1.82) is 0 Å². The second kappa shape index (κ2) is 6.04. The van der Waals surface area contributed by atoms with E-state index >= 15 is 0 Å². The maximum Gasteiger partial charge on any atom is 0.0325 e. The third-order valence-electron chi connectivity index (χ3n) is 3.87. The van der Waals surface area contributed by atoms with Crippen LogP contribution in [0.5, 0.6) is 0 Å². The van der Waals surface area contributed by atoms with E-state index in [1.165, 1.54) is 28.7 Å². The van der Waals surface area contributed by atoms with E-state index in [0.29, 0.717) is 11.5 Å². The molecule has 0 saturated carbocycles. The van der Waals surface area contributed by atoms with Crippen LogP contribution in [0, 0.1) is 5.41 Å². The van der Waals surface area contributed by atoms with E-state index in [1.807, 2.05) is 11.3 Å². The molecule has 1 N–H and O–H groups in total.